The van der Waals surface area contributed by atoms with E-state index in [9.17, 15) is 14.0 Å². The summed E-state index contributed by atoms with van der Waals surface area (Å²) in [5, 5.41) is 3.06. The van der Waals surface area contributed by atoms with E-state index >= 15 is 0 Å². The Morgan fingerprint density at radius 3 is 2.62 bits per heavy atom. The minimum atomic E-state index is -0.549. The van der Waals surface area contributed by atoms with Crippen molar-refractivity contribution in [1.29, 1.82) is 0 Å². The van der Waals surface area contributed by atoms with Gasteiger partial charge in [0.2, 0.25) is 5.95 Å². The van der Waals surface area contributed by atoms with Crippen LogP contribution in [0.3, 0.4) is 0 Å². The third kappa shape index (κ3) is 3.01. The maximum absolute atomic E-state index is 13.9. The van der Waals surface area contributed by atoms with Gasteiger partial charge in [-0.05, 0) is 6.07 Å². The molecule has 0 aliphatic heterocycles. The maximum atomic E-state index is 13.9. The summed E-state index contributed by atoms with van der Waals surface area (Å²) in [6.07, 6.45) is 0. The number of rotatable bonds is 6. The molecule has 0 amide bonds. The van der Waals surface area contributed by atoms with Crippen LogP contribution < -0.4 is 16.6 Å². The lowest BCUT2D eigenvalue weighted by Crippen LogP contribution is -2.40. The van der Waals surface area contributed by atoms with Gasteiger partial charge in [0.15, 0.2) is 11.2 Å². The van der Waals surface area contributed by atoms with E-state index in [1.54, 1.807) is 36.9 Å². The molecule has 138 valence electrons. The van der Waals surface area contributed by atoms with E-state index in [0.717, 1.165) is 4.57 Å². The van der Waals surface area contributed by atoms with Crippen LogP contribution in [0.2, 0.25) is 0 Å². The molecule has 8 nitrogen and oxygen atoms in total. The molecule has 0 saturated carbocycles. The van der Waals surface area contributed by atoms with Crippen LogP contribution in [0.5, 0.6) is 0 Å². The third-order valence-electron chi connectivity index (χ3n) is 4.24. The molecule has 3 aromatic rings. The van der Waals surface area contributed by atoms with Crippen LogP contribution in [0.25, 0.3) is 11.2 Å². The van der Waals surface area contributed by atoms with E-state index in [0.29, 0.717) is 19.1 Å². The molecule has 0 saturated heterocycles. The molecule has 0 spiro atoms. The number of hydrogen-bond donors (Lipinski definition) is 1. The van der Waals surface area contributed by atoms with E-state index < -0.39 is 17.1 Å². The number of aromatic nitrogens is 4. The zero-order valence-electron chi connectivity index (χ0n) is 14.8. The molecule has 0 aliphatic carbocycles. The fourth-order valence-electron chi connectivity index (χ4n) is 2.80. The number of imidazole rings is 1. The Morgan fingerprint density at radius 2 is 1.92 bits per heavy atom. The fourth-order valence-corrected chi connectivity index (χ4v) is 2.80. The van der Waals surface area contributed by atoms with E-state index in [2.05, 4.69) is 10.3 Å². The molecule has 1 aromatic carbocycles. The molecule has 26 heavy (non-hydrogen) atoms. The van der Waals surface area contributed by atoms with Gasteiger partial charge in [0.1, 0.15) is 5.82 Å². The summed E-state index contributed by atoms with van der Waals surface area (Å²) in [5.41, 5.74) is -0.254. The Bertz CT molecular complexity index is 1070. The Labute approximate surface area is 148 Å². The van der Waals surface area contributed by atoms with Crippen LogP contribution in [-0.4, -0.2) is 38.9 Å². The molecule has 0 bridgehead atoms. The minimum absolute atomic E-state index is 0.147. The Morgan fingerprint density at radius 1 is 1.19 bits per heavy atom. The highest BCUT2D eigenvalue weighted by Crippen LogP contribution is 2.14. The van der Waals surface area contributed by atoms with E-state index in [1.807, 2.05) is 0 Å². The van der Waals surface area contributed by atoms with E-state index in [-0.39, 0.29) is 23.3 Å². The maximum Gasteiger partial charge on any atom is 0.332 e. The van der Waals surface area contributed by atoms with Gasteiger partial charge >= 0.3 is 5.69 Å². The normalized spacial score (nSPS) is 11.2. The molecular weight excluding hydrogens is 341 g/mol. The second-order valence-electron chi connectivity index (χ2n) is 5.91. The summed E-state index contributed by atoms with van der Waals surface area (Å²) >= 11 is 0. The molecule has 0 fully saturated rings. The largest absolute Gasteiger partial charge is 0.383 e. The van der Waals surface area contributed by atoms with Gasteiger partial charge in [-0.15, -0.1) is 0 Å². The summed E-state index contributed by atoms with van der Waals surface area (Å²) in [6.45, 7) is 0.830. The first-order chi connectivity index (χ1) is 12.5. The van der Waals surface area contributed by atoms with Crippen LogP contribution in [0.4, 0.5) is 10.3 Å². The number of methoxy groups -OCH3 is 1. The first-order valence-corrected chi connectivity index (χ1v) is 8.08. The lowest BCUT2D eigenvalue weighted by atomic mass is 10.2. The van der Waals surface area contributed by atoms with Crippen molar-refractivity contribution < 1.29 is 9.13 Å². The summed E-state index contributed by atoms with van der Waals surface area (Å²) in [5.74, 6) is -0.0127. The van der Waals surface area contributed by atoms with Crippen molar-refractivity contribution in [3.8, 4) is 0 Å². The predicted octanol–water partition coefficient (Wildman–Crippen LogP) is 0.679. The van der Waals surface area contributed by atoms with Gasteiger partial charge in [-0.2, -0.15) is 4.98 Å². The van der Waals surface area contributed by atoms with Crippen molar-refractivity contribution in [3.63, 3.8) is 0 Å². The molecule has 0 radical (unpaired) electrons. The minimum Gasteiger partial charge on any atom is -0.383 e. The fraction of sp³-hybridized carbons (Fsp3) is 0.353. The molecule has 2 heterocycles. The lowest BCUT2D eigenvalue weighted by Gasteiger charge is -2.09. The van der Waals surface area contributed by atoms with Crippen molar-refractivity contribution in [3.05, 3.63) is 56.5 Å². The molecule has 3 rings (SSSR count). The Hall–Kier alpha value is -2.94. The van der Waals surface area contributed by atoms with Gasteiger partial charge < -0.3 is 14.6 Å². The number of ether oxygens (including phenoxy) is 1. The zero-order valence-corrected chi connectivity index (χ0v) is 14.8. The van der Waals surface area contributed by atoms with Gasteiger partial charge in [0, 0.05) is 33.3 Å². The molecule has 9 heteroatoms. The van der Waals surface area contributed by atoms with Gasteiger partial charge in [-0.25, -0.2) is 9.18 Å². The quantitative estimate of drug-likeness (QED) is 0.653. The van der Waals surface area contributed by atoms with Crippen molar-refractivity contribution >= 4 is 17.1 Å². The van der Waals surface area contributed by atoms with Crippen molar-refractivity contribution in [1.82, 2.24) is 18.7 Å². The summed E-state index contributed by atoms with van der Waals surface area (Å²) in [7, 11) is 4.80. The van der Waals surface area contributed by atoms with Crippen LogP contribution in [0.1, 0.15) is 5.56 Å². The number of halogens is 1. The average molecular weight is 361 g/mol. The van der Waals surface area contributed by atoms with Crippen molar-refractivity contribution in [2.45, 2.75) is 6.54 Å². The Balaban J connectivity index is 2.14. The number of anilines is 1. The molecule has 2 aromatic heterocycles. The van der Waals surface area contributed by atoms with Gasteiger partial charge in [-0.1, -0.05) is 18.2 Å². The first-order valence-electron chi connectivity index (χ1n) is 8.08. The third-order valence-corrected chi connectivity index (χ3v) is 4.24. The number of fused-ring (bicyclic) bond motifs is 1. The monoisotopic (exact) mass is 361 g/mol. The second kappa shape index (κ2) is 7.12. The first kappa shape index (κ1) is 17.9. The highest BCUT2D eigenvalue weighted by atomic mass is 19.1. The number of nitrogens with one attached hydrogen (secondary N) is 1. The second-order valence-corrected chi connectivity index (χ2v) is 5.91. The molecular formula is C17H20FN5O3. The SMILES string of the molecule is COCCNc1nc2c(c(=O)n(Cc3ccccc3F)c(=O)n2C)n1C. The standard InChI is InChI=1S/C17H20FN5O3/c1-21-13-14(20-16(21)19-8-9-26-3)22(2)17(25)23(15(13)24)10-11-6-4-5-7-12(11)18/h4-7H,8-10H2,1-3H3,(H,19,20). The molecule has 0 atom stereocenters. The zero-order chi connectivity index (χ0) is 18.8. The molecule has 1 N–H and O–H groups in total. The topological polar surface area (TPSA) is 83.1 Å². The molecule has 0 aliphatic rings. The number of benzene rings is 1. The smallest absolute Gasteiger partial charge is 0.332 e. The lowest BCUT2D eigenvalue weighted by molar-refractivity contribution is 0.210. The summed E-state index contributed by atoms with van der Waals surface area (Å²) < 4.78 is 22.8. The van der Waals surface area contributed by atoms with E-state index in [1.165, 1.54) is 17.7 Å². The molecule has 0 unspecified atom stereocenters. The predicted molar refractivity (Wildman–Crippen MR) is 96.1 cm³/mol. The van der Waals surface area contributed by atoms with E-state index in [4.69, 9.17) is 4.74 Å². The number of aryl methyl sites for hydroxylation is 2. The van der Waals surface area contributed by atoms with Crippen LogP contribution in [0.15, 0.2) is 33.9 Å². The van der Waals surface area contributed by atoms with Gasteiger partial charge in [0.25, 0.3) is 5.56 Å². The highest BCUT2D eigenvalue weighted by Gasteiger charge is 2.19. The highest BCUT2D eigenvalue weighted by molar-refractivity contribution is 5.74. The van der Waals surface area contributed by atoms with Crippen molar-refractivity contribution in [2.24, 2.45) is 14.1 Å². The number of nitrogens with zero attached hydrogens (tertiary/aromatic N) is 4. The van der Waals surface area contributed by atoms with Crippen LogP contribution in [-0.2, 0) is 25.4 Å². The number of hydrogen-bond acceptors (Lipinski definition) is 5. The summed E-state index contributed by atoms with van der Waals surface area (Å²) in [6, 6.07) is 6.06. The van der Waals surface area contributed by atoms with Crippen molar-refractivity contribution in [2.75, 3.05) is 25.6 Å². The van der Waals surface area contributed by atoms with Gasteiger partial charge in [-0.3, -0.25) is 13.9 Å². The average Bonchev–Trinajstić information content (AvgIpc) is 2.95. The Kier molecular flexibility index (Phi) is 4.90. The van der Waals surface area contributed by atoms with Gasteiger partial charge in [0.05, 0.1) is 13.2 Å². The van der Waals surface area contributed by atoms with Crippen LogP contribution in [0, 0.1) is 5.82 Å². The summed E-state index contributed by atoms with van der Waals surface area (Å²) in [4.78, 5) is 29.9. The van der Waals surface area contributed by atoms with Crippen LogP contribution >= 0.6 is 0 Å².